The lowest BCUT2D eigenvalue weighted by Crippen LogP contribution is -2.19. The van der Waals surface area contributed by atoms with Gasteiger partial charge in [-0.3, -0.25) is 0 Å². The van der Waals surface area contributed by atoms with Crippen LogP contribution < -0.4 is 4.74 Å². The molecule has 2 nitrogen and oxygen atoms in total. The molecule has 0 heterocycles. The molecule has 0 spiro atoms. The molecule has 1 fully saturated rings. The standard InChI is InChI=1S/C25H32F2O2/c1-2-5-19-8-10-20(11-9-19)18-28-14-4-15-29-25-13-12-22(17-24(25)27)21-6-3-7-23(26)16-21/h3,6-7,12-13,16-17,19-20H,2,4-5,8-11,14-15,18H2,1H3. The van der Waals surface area contributed by atoms with Crippen LogP contribution in [0.2, 0.25) is 0 Å². The van der Waals surface area contributed by atoms with Gasteiger partial charge >= 0.3 is 0 Å². The number of halogens is 2. The third kappa shape index (κ3) is 6.81. The third-order valence-electron chi connectivity index (χ3n) is 5.80. The zero-order chi connectivity index (χ0) is 20.5. The average molecular weight is 403 g/mol. The van der Waals surface area contributed by atoms with E-state index in [9.17, 15) is 8.78 Å². The summed E-state index contributed by atoms with van der Waals surface area (Å²) in [6, 6.07) is 10.9. The summed E-state index contributed by atoms with van der Waals surface area (Å²) in [4.78, 5) is 0. The Kier molecular flexibility index (Phi) is 8.48. The van der Waals surface area contributed by atoms with Crippen LogP contribution in [-0.4, -0.2) is 19.8 Å². The van der Waals surface area contributed by atoms with Crippen LogP contribution in [0.4, 0.5) is 8.78 Å². The predicted molar refractivity (Wildman–Crippen MR) is 113 cm³/mol. The van der Waals surface area contributed by atoms with E-state index in [2.05, 4.69) is 6.92 Å². The topological polar surface area (TPSA) is 18.5 Å². The smallest absolute Gasteiger partial charge is 0.165 e. The van der Waals surface area contributed by atoms with E-state index >= 15 is 0 Å². The fourth-order valence-electron chi connectivity index (χ4n) is 4.15. The van der Waals surface area contributed by atoms with Gasteiger partial charge in [0.05, 0.1) is 6.61 Å². The largest absolute Gasteiger partial charge is 0.490 e. The van der Waals surface area contributed by atoms with E-state index in [1.165, 1.54) is 56.7 Å². The van der Waals surface area contributed by atoms with Gasteiger partial charge in [0, 0.05) is 19.6 Å². The first-order valence-electron chi connectivity index (χ1n) is 10.9. The SMILES string of the molecule is CCCC1CCC(COCCCOc2ccc(-c3cccc(F)c3)cc2F)CC1. The lowest BCUT2D eigenvalue weighted by molar-refractivity contribution is 0.0690. The molecule has 0 N–H and O–H groups in total. The molecular formula is C25H32F2O2. The van der Waals surface area contributed by atoms with Crippen LogP contribution in [0.15, 0.2) is 42.5 Å². The van der Waals surface area contributed by atoms with Gasteiger partial charge in [-0.05, 0) is 60.1 Å². The maximum atomic E-state index is 14.3. The normalized spacial score (nSPS) is 19.3. The summed E-state index contributed by atoms with van der Waals surface area (Å²) in [6.07, 6.45) is 8.64. The fraction of sp³-hybridized carbons (Fsp3) is 0.520. The van der Waals surface area contributed by atoms with Crippen molar-refractivity contribution in [3.63, 3.8) is 0 Å². The van der Waals surface area contributed by atoms with E-state index in [0.717, 1.165) is 18.9 Å². The van der Waals surface area contributed by atoms with Crippen LogP contribution in [-0.2, 0) is 4.74 Å². The van der Waals surface area contributed by atoms with Crippen molar-refractivity contribution in [3.05, 3.63) is 54.1 Å². The predicted octanol–water partition coefficient (Wildman–Crippen LogP) is 7.02. The van der Waals surface area contributed by atoms with Crippen LogP contribution in [0.25, 0.3) is 11.1 Å². The van der Waals surface area contributed by atoms with Gasteiger partial charge in [0.15, 0.2) is 11.6 Å². The molecule has 0 atom stereocenters. The number of rotatable bonds is 10. The fourth-order valence-corrected chi connectivity index (χ4v) is 4.15. The molecule has 0 saturated heterocycles. The van der Waals surface area contributed by atoms with Crippen molar-refractivity contribution in [2.45, 2.75) is 51.9 Å². The van der Waals surface area contributed by atoms with E-state index in [1.807, 2.05) is 0 Å². The Morgan fingerprint density at radius 3 is 2.38 bits per heavy atom. The minimum atomic E-state index is -0.434. The quantitative estimate of drug-likeness (QED) is 0.397. The second-order valence-electron chi connectivity index (χ2n) is 8.11. The molecule has 0 unspecified atom stereocenters. The highest BCUT2D eigenvalue weighted by atomic mass is 19.1. The first kappa shape index (κ1) is 21.8. The minimum Gasteiger partial charge on any atom is -0.490 e. The molecule has 1 saturated carbocycles. The van der Waals surface area contributed by atoms with Crippen LogP contribution in [0.5, 0.6) is 5.75 Å². The zero-order valence-corrected chi connectivity index (χ0v) is 17.3. The van der Waals surface area contributed by atoms with Crippen molar-refractivity contribution in [1.82, 2.24) is 0 Å². The number of hydrogen-bond acceptors (Lipinski definition) is 2. The molecule has 1 aliphatic carbocycles. The van der Waals surface area contributed by atoms with Crippen molar-refractivity contribution in [2.24, 2.45) is 11.8 Å². The number of ether oxygens (including phenoxy) is 2. The molecule has 2 aromatic carbocycles. The van der Waals surface area contributed by atoms with Crippen molar-refractivity contribution in [3.8, 4) is 16.9 Å². The summed E-state index contributed by atoms with van der Waals surface area (Å²) in [5, 5.41) is 0. The monoisotopic (exact) mass is 402 g/mol. The molecule has 1 aliphatic rings. The molecule has 3 rings (SSSR count). The molecule has 0 amide bonds. The number of benzene rings is 2. The average Bonchev–Trinajstić information content (AvgIpc) is 2.73. The molecule has 29 heavy (non-hydrogen) atoms. The van der Waals surface area contributed by atoms with Crippen molar-refractivity contribution in [2.75, 3.05) is 19.8 Å². The summed E-state index contributed by atoms with van der Waals surface area (Å²) >= 11 is 0. The Morgan fingerprint density at radius 2 is 1.66 bits per heavy atom. The Balaban J connectivity index is 1.34. The van der Waals surface area contributed by atoms with E-state index in [1.54, 1.807) is 24.3 Å². The summed E-state index contributed by atoms with van der Waals surface area (Å²) in [5.74, 6) is 1.07. The first-order valence-corrected chi connectivity index (χ1v) is 10.9. The van der Waals surface area contributed by atoms with Crippen LogP contribution in [0.3, 0.4) is 0 Å². The molecule has 2 aromatic rings. The highest BCUT2D eigenvalue weighted by Crippen LogP contribution is 2.31. The molecule has 158 valence electrons. The van der Waals surface area contributed by atoms with Gasteiger partial charge in [-0.25, -0.2) is 8.78 Å². The van der Waals surface area contributed by atoms with Crippen LogP contribution in [0, 0.1) is 23.5 Å². The summed E-state index contributed by atoms with van der Waals surface area (Å²) < 4.78 is 39.0. The molecule has 4 heteroatoms. The summed E-state index contributed by atoms with van der Waals surface area (Å²) in [7, 11) is 0. The van der Waals surface area contributed by atoms with Gasteiger partial charge in [0.1, 0.15) is 5.82 Å². The van der Waals surface area contributed by atoms with E-state index in [-0.39, 0.29) is 11.6 Å². The van der Waals surface area contributed by atoms with Gasteiger partial charge in [-0.1, -0.05) is 50.8 Å². The maximum Gasteiger partial charge on any atom is 0.165 e. The number of hydrogen-bond donors (Lipinski definition) is 0. The molecule has 0 aliphatic heterocycles. The maximum absolute atomic E-state index is 14.3. The second kappa shape index (κ2) is 11.3. The highest BCUT2D eigenvalue weighted by molar-refractivity contribution is 5.64. The first-order chi connectivity index (χ1) is 14.2. The Hall–Kier alpha value is -1.94. The lowest BCUT2D eigenvalue weighted by Gasteiger charge is -2.28. The minimum absolute atomic E-state index is 0.222. The third-order valence-corrected chi connectivity index (χ3v) is 5.80. The van der Waals surface area contributed by atoms with Gasteiger partial charge in [0.25, 0.3) is 0 Å². The van der Waals surface area contributed by atoms with Gasteiger partial charge < -0.3 is 9.47 Å². The van der Waals surface area contributed by atoms with Crippen LogP contribution >= 0.6 is 0 Å². The summed E-state index contributed by atoms with van der Waals surface area (Å²) in [5.41, 5.74) is 1.28. The van der Waals surface area contributed by atoms with Crippen LogP contribution in [0.1, 0.15) is 51.9 Å². The van der Waals surface area contributed by atoms with Crippen molar-refractivity contribution < 1.29 is 18.3 Å². The molecule has 0 radical (unpaired) electrons. The van der Waals surface area contributed by atoms with Gasteiger partial charge in [-0.2, -0.15) is 0 Å². The Labute approximate surface area is 173 Å². The van der Waals surface area contributed by atoms with Crippen molar-refractivity contribution >= 4 is 0 Å². The van der Waals surface area contributed by atoms with Crippen molar-refractivity contribution in [1.29, 1.82) is 0 Å². The highest BCUT2D eigenvalue weighted by Gasteiger charge is 2.20. The summed E-state index contributed by atoms with van der Waals surface area (Å²) in [6.45, 7) is 4.15. The molecule has 0 aromatic heterocycles. The lowest BCUT2D eigenvalue weighted by atomic mass is 9.80. The van der Waals surface area contributed by atoms with E-state index in [4.69, 9.17) is 9.47 Å². The van der Waals surface area contributed by atoms with E-state index < -0.39 is 5.82 Å². The Morgan fingerprint density at radius 1 is 0.897 bits per heavy atom. The molecular weight excluding hydrogens is 370 g/mol. The van der Waals surface area contributed by atoms with E-state index in [0.29, 0.717) is 30.3 Å². The zero-order valence-electron chi connectivity index (χ0n) is 17.3. The molecule has 0 bridgehead atoms. The van der Waals surface area contributed by atoms with Gasteiger partial charge in [0.2, 0.25) is 0 Å². The van der Waals surface area contributed by atoms with Gasteiger partial charge in [-0.15, -0.1) is 0 Å². The second-order valence-corrected chi connectivity index (χ2v) is 8.11. The Bertz CT molecular complexity index is 754.